The Morgan fingerprint density at radius 2 is 2.12 bits per heavy atom. The lowest BCUT2D eigenvalue weighted by molar-refractivity contribution is 0.778. The van der Waals surface area contributed by atoms with Crippen LogP contribution in [-0.4, -0.2) is 5.75 Å². The first-order chi connectivity index (χ1) is 7.65. The fourth-order valence-electron chi connectivity index (χ4n) is 1.51. The van der Waals surface area contributed by atoms with Crippen molar-refractivity contribution in [2.24, 2.45) is 5.73 Å². The normalized spacial score (nSPS) is 12.8. The molecule has 0 heterocycles. The number of benzene rings is 1. The molecule has 0 amide bonds. The van der Waals surface area contributed by atoms with Crippen molar-refractivity contribution in [2.45, 2.75) is 44.0 Å². The van der Waals surface area contributed by atoms with Crippen molar-refractivity contribution in [1.82, 2.24) is 0 Å². The molecule has 0 fully saturated rings. The molecule has 1 unspecified atom stereocenters. The lowest BCUT2D eigenvalue weighted by Crippen LogP contribution is -2.05. The van der Waals surface area contributed by atoms with Gasteiger partial charge in [0.05, 0.1) is 0 Å². The van der Waals surface area contributed by atoms with Gasteiger partial charge in [0.2, 0.25) is 0 Å². The van der Waals surface area contributed by atoms with Crippen LogP contribution in [0.4, 0.5) is 0 Å². The molecule has 1 aromatic rings. The second-order valence-corrected chi connectivity index (χ2v) is 5.60. The minimum absolute atomic E-state index is 0.00615. The second-order valence-electron chi connectivity index (χ2n) is 4.03. The first-order valence-electron chi connectivity index (χ1n) is 5.83. The molecule has 0 aromatic heterocycles. The van der Waals surface area contributed by atoms with Crippen LogP contribution in [0.2, 0.25) is 5.02 Å². The van der Waals surface area contributed by atoms with Crippen LogP contribution in [0.5, 0.6) is 0 Å². The first kappa shape index (κ1) is 13.9. The second kappa shape index (κ2) is 7.21. The topological polar surface area (TPSA) is 26.0 Å². The maximum atomic E-state index is 6.17. The zero-order chi connectivity index (χ0) is 12.0. The van der Waals surface area contributed by atoms with Crippen LogP contribution in [0.1, 0.15) is 44.7 Å². The Kier molecular flexibility index (Phi) is 6.25. The first-order valence-corrected chi connectivity index (χ1v) is 7.19. The summed E-state index contributed by atoms with van der Waals surface area (Å²) in [6.45, 7) is 4.17. The van der Waals surface area contributed by atoms with Crippen LogP contribution < -0.4 is 5.73 Å². The highest BCUT2D eigenvalue weighted by atomic mass is 35.5. The molecule has 1 nitrogen and oxygen atoms in total. The third kappa shape index (κ3) is 4.36. The summed E-state index contributed by atoms with van der Waals surface area (Å²) in [6, 6.07) is 6.18. The van der Waals surface area contributed by atoms with E-state index in [2.05, 4.69) is 13.0 Å². The molecule has 3 heteroatoms. The van der Waals surface area contributed by atoms with Gasteiger partial charge in [0.25, 0.3) is 0 Å². The van der Waals surface area contributed by atoms with E-state index in [1.165, 1.54) is 29.9 Å². The fraction of sp³-hybridized carbons (Fsp3) is 0.538. The molecule has 0 saturated carbocycles. The highest BCUT2D eigenvalue weighted by Crippen LogP contribution is 2.28. The smallest absolute Gasteiger partial charge is 0.0464 e. The monoisotopic (exact) mass is 257 g/mol. The van der Waals surface area contributed by atoms with Gasteiger partial charge in [0, 0.05) is 16.0 Å². The SMILES string of the molecule is CCCCCSc1ccc(C(C)N)c(Cl)c1. The Morgan fingerprint density at radius 3 is 2.69 bits per heavy atom. The van der Waals surface area contributed by atoms with E-state index in [4.69, 9.17) is 17.3 Å². The van der Waals surface area contributed by atoms with Gasteiger partial charge in [-0.25, -0.2) is 0 Å². The zero-order valence-electron chi connectivity index (χ0n) is 10.0. The van der Waals surface area contributed by atoms with Gasteiger partial charge in [-0.2, -0.15) is 0 Å². The molecule has 0 aliphatic rings. The summed E-state index contributed by atoms with van der Waals surface area (Å²) in [6.07, 6.45) is 3.84. The molecule has 0 aliphatic carbocycles. The molecule has 0 radical (unpaired) electrons. The van der Waals surface area contributed by atoms with Gasteiger partial charge < -0.3 is 5.73 Å². The maximum absolute atomic E-state index is 6.17. The van der Waals surface area contributed by atoms with Crippen molar-refractivity contribution in [3.8, 4) is 0 Å². The van der Waals surface area contributed by atoms with Gasteiger partial charge in [-0.05, 0) is 36.8 Å². The summed E-state index contributed by atoms with van der Waals surface area (Å²) in [7, 11) is 0. The predicted octanol–water partition coefficient (Wildman–Crippen LogP) is 4.64. The maximum Gasteiger partial charge on any atom is 0.0464 e. The average molecular weight is 258 g/mol. The number of halogens is 1. The highest BCUT2D eigenvalue weighted by Gasteiger charge is 2.05. The number of unbranched alkanes of at least 4 members (excludes halogenated alkanes) is 2. The molecule has 16 heavy (non-hydrogen) atoms. The quantitative estimate of drug-likeness (QED) is 0.593. The minimum atomic E-state index is 0.00615. The fourth-order valence-corrected chi connectivity index (χ4v) is 2.88. The van der Waals surface area contributed by atoms with E-state index < -0.39 is 0 Å². The lowest BCUT2D eigenvalue weighted by atomic mass is 10.1. The lowest BCUT2D eigenvalue weighted by Gasteiger charge is -2.09. The van der Waals surface area contributed by atoms with E-state index in [-0.39, 0.29) is 6.04 Å². The number of thioether (sulfide) groups is 1. The van der Waals surface area contributed by atoms with Crippen molar-refractivity contribution in [3.63, 3.8) is 0 Å². The molecular formula is C13H20ClNS. The van der Waals surface area contributed by atoms with Crippen LogP contribution in [0.3, 0.4) is 0 Å². The van der Waals surface area contributed by atoms with Crippen LogP contribution in [0.15, 0.2) is 23.1 Å². The molecule has 1 rings (SSSR count). The average Bonchev–Trinajstić information content (AvgIpc) is 2.24. The minimum Gasteiger partial charge on any atom is -0.324 e. The van der Waals surface area contributed by atoms with Gasteiger partial charge in [-0.1, -0.05) is 37.4 Å². The Hall–Kier alpha value is -0.180. The van der Waals surface area contributed by atoms with E-state index in [1.54, 1.807) is 0 Å². The Balaban J connectivity index is 2.53. The van der Waals surface area contributed by atoms with Gasteiger partial charge in [0.1, 0.15) is 0 Å². The zero-order valence-corrected chi connectivity index (χ0v) is 11.6. The van der Waals surface area contributed by atoms with Gasteiger partial charge >= 0.3 is 0 Å². The van der Waals surface area contributed by atoms with Crippen molar-refractivity contribution >= 4 is 23.4 Å². The number of rotatable bonds is 6. The van der Waals surface area contributed by atoms with Crippen LogP contribution in [-0.2, 0) is 0 Å². The molecule has 0 aliphatic heterocycles. The predicted molar refractivity (Wildman–Crippen MR) is 74.3 cm³/mol. The highest BCUT2D eigenvalue weighted by molar-refractivity contribution is 7.99. The Bertz CT molecular complexity index is 326. The summed E-state index contributed by atoms with van der Waals surface area (Å²) < 4.78 is 0. The van der Waals surface area contributed by atoms with E-state index in [0.717, 1.165) is 10.6 Å². The third-order valence-electron chi connectivity index (χ3n) is 2.48. The van der Waals surface area contributed by atoms with E-state index in [1.807, 2.05) is 30.8 Å². The van der Waals surface area contributed by atoms with Crippen molar-refractivity contribution in [1.29, 1.82) is 0 Å². The molecule has 1 aromatic carbocycles. The molecule has 1 atom stereocenters. The molecule has 90 valence electrons. The molecule has 0 spiro atoms. The van der Waals surface area contributed by atoms with Crippen LogP contribution >= 0.6 is 23.4 Å². The van der Waals surface area contributed by atoms with E-state index >= 15 is 0 Å². The molecule has 2 N–H and O–H groups in total. The van der Waals surface area contributed by atoms with Crippen LogP contribution in [0, 0.1) is 0 Å². The van der Waals surface area contributed by atoms with Crippen molar-refractivity contribution in [3.05, 3.63) is 28.8 Å². The molecule has 0 saturated heterocycles. The van der Waals surface area contributed by atoms with Gasteiger partial charge in [-0.3, -0.25) is 0 Å². The summed E-state index contributed by atoms with van der Waals surface area (Å²) in [4.78, 5) is 1.24. The van der Waals surface area contributed by atoms with Gasteiger partial charge in [0.15, 0.2) is 0 Å². The van der Waals surface area contributed by atoms with Crippen molar-refractivity contribution in [2.75, 3.05) is 5.75 Å². The number of hydrogen-bond donors (Lipinski definition) is 1. The Labute approximate surface area is 108 Å². The Morgan fingerprint density at radius 1 is 1.38 bits per heavy atom. The van der Waals surface area contributed by atoms with Crippen molar-refractivity contribution < 1.29 is 0 Å². The largest absolute Gasteiger partial charge is 0.324 e. The third-order valence-corrected chi connectivity index (χ3v) is 3.89. The number of hydrogen-bond acceptors (Lipinski definition) is 2. The summed E-state index contributed by atoms with van der Waals surface area (Å²) in [5, 5.41) is 0.787. The summed E-state index contributed by atoms with van der Waals surface area (Å²) in [5.41, 5.74) is 6.84. The van der Waals surface area contributed by atoms with E-state index in [9.17, 15) is 0 Å². The molecule has 0 bridgehead atoms. The number of nitrogens with two attached hydrogens (primary N) is 1. The summed E-state index contributed by atoms with van der Waals surface area (Å²) in [5.74, 6) is 1.17. The van der Waals surface area contributed by atoms with E-state index in [0.29, 0.717) is 0 Å². The van der Waals surface area contributed by atoms with Gasteiger partial charge in [-0.15, -0.1) is 11.8 Å². The molecular weight excluding hydrogens is 238 g/mol. The standard InChI is InChI=1S/C13H20ClNS/c1-3-4-5-8-16-11-6-7-12(10(2)15)13(14)9-11/h6-7,9-10H,3-5,8,15H2,1-2H3. The summed E-state index contributed by atoms with van der Waals surface area (Å²) >= 11 is 8.04. The van der Waals surface area contributed by atoms with Crippen LogP contribution in [0.25, 0.3) is 0 Å².